The lowest BCUT2D eigenvalue weighted by molar-refractivity contribution is -0.946. The van der Waals surface area contributed by atoms with Crippen LogP contribution in [-0.4, -0.2) is 49.5 Å². The third-order valence-corrected chi connectivity index (χ3v) is 8.46. The normalized spacial score (nSPS) is 23.5. The predicted octanol–water partition coefficient (Wildman–Crippen LogP) is 2.15. The SMILES string of the molecule is COc1cccc(COCC[N+]23CCC(C(O)(c4ccccc4)c4ccccc4)(CC2)CC3)c1.[Br-]. The number of quaternary nitrogens is 1. The van der Waals surface area contributed by atoms with Gasteiger partial charge in [-0.05, 0) is 28.8 Å². The molecular weight excluding hydrogens is 502 g/mol. The Morgan fingerprint density at radius 2 is 1.40 bits per heavy atom. The van der Waals surface area contributed by atoms with Crippen LogP contribution in [0.2, 0.25) is 0 Å². The summed E-state index contributed by atoms with van der Waals surface area (Å²) >= 11 is 0. The number of hydrogen-bond donors (Lipinski definition) is 1. The van der Waals surface area contributed by atoms with E-state index in [1.165, 1.54) is 0 Å². The van der Waals surface area contributed by atoms with Crippen LogP contribution in [0.15, 0.2) is 84.9 Å². The van der Waals surface area contributed by atoms with Gasteiger partial charge in [-0.1, -0.05) is 72.8 Å². The Labute approximate surface area is 219 Å². The van der Waals surface area contributed by atoms with Crippen molar-refractivity contribution in [2.45, 2.75) is 31.5 Å². The number of fused-ring (bicyclic) bond motifs is 3. The smallest absolute Gasteiger partial charge is 0.121 e. The minimum atomic E-state index is -0.963. The van der Waals surface area contributed by atoms with Crippen molar-refractivity contribution >= 4 is 0 Å². The number of aliphatic hydroxyl groups is 1. The second-order valence-corrected chi connectivity index (χ2v) is 10.1. The number of rotatable bonds is 9. The molecule has 0 aromatic heterocycles. The van der Waals surface area contributed by atoms with Crippen LogP contribution in [-0.2, 0) is 16.9 Å². The molecule has 0 atom stereocenters. The molecule has 6 rings (SSSR count). The lowest BCUT2D eigenvalue weighted by Crippen LogP contribution is -3.00. The lowest BCUT2D eigenvalue weighted by atomic mass is 9.56. The Bertz CT molecular complexity index is 1020. The van der Waals surface area contributed by atoms with Crippen molar-refractivity contribution < 1.29 is 36.0 Å². The number of ether oxygens (including phenoxy) is 2. The summed E-state index contributed by atoms with van der Waals surface area (Å²) in [7, 11) is 1.69. The summed E-state index contributed by atoms with van der Waals surface area (Å²) in [6, 6.07) is 28.7. The van der Waals surface area contributed by atoms with Gasteiger partial charge in [-0.2, -0.15) is 0 Å². The quantitative estimate of drug-likeness (QED) is 0.336. The highest BCUT2D eigenvalue weighted by molar-refractivity contribution is 5.39. The number of benzene rings is 3. The molecule has 0 aliphatic carbocycles. The number of hydrogen-bond acceptors (Lipinski definition) is 3. The van der Waals surface area contributed by atoms with Gasteiger partial charge in [-0.3, -0.25) is 0 Å². The molecule has 0 saturated carbocycles. The van der Waals surface area contributed by atoms with E-state index in [0.717, 1.165) is 79.0 Å². The molecule has 3 aromatic rings. The van der Waals surface area contributed by atoms with E-state index in [0.29, 0.717) is 6.61 Å². The van der Waals surface area contributed by atoms with E-state index in [1.54, 1.807) is 7.11 Å². The molecule has 0 radical (unpaired) electrons. The number of halogens is 1. The largest absolute Gasteiger partial charge is 1.00 e. The zero-order valence-corrected chi connectivity index (χ0v) is 22.1. The van der Waals surface area contributed by atoms with E-state index in [-0.39, 0.29) is 22.4 Å². The predicted molar refractivity (Wildman–Crippen MR) is 135 cm³/mol. The van der Waals surface area contributed by atoms with Crippen LogP contribution < -0.4 is 21.7 Å². The lowest BCUT2D eigenvalue weighted by Gasteiger charge is -2.60. The fourth-order valence-corrected chi connectivity index (χ4v) is 6.29. The molecule has 186 valence electrons. The van der Waals surface area contributed by atoms with Gasteiger partial charge in [0.05, 0.1) is 40.0 Å². The van der Waals surface area contributed by atoms with E-state index in [2.05, 4.69) is 30.3 Å². The van der Waals surface area contributed by atoms with Gasteiger partial charge in [-0.25, -0.2) is 0 Å². The molecule has 3 aromatic carbocycles. The van der Waals surface area contributed by atoms with Gasteiger partial charge in [0.15, 0.2) is 0 Å². The summed E-state index contributed by atoms with van der Waals surface area (Å²) in [6.07, 6.45) is 3.09. The first kappa shape index (κ1) is 25.9. The highest BCUT2D eigenvalue weighted by Gasteiger charge is 2.60. The topological polar surface area (TPSA) is 38.7 Å². The number of piperidine rings is 3. The van der Waals surface area contributed by atoms with Crippen molar-refractivity contribution in [3.05, 3.63) is 102 Å². The molecule has 0 spiro atoms. The van der Waals surface area contributed by atoms with Crippen LogP contribution in [0.1, 0.15) is 36.0 Å². The van der Waals surface area contributed by atoms with Gasteiger partial charge in [0.1, 0.15) is 17.9 Å². The van der Waals surface area contributed by atoms with Gasteiger partial charge >= 0.3 is 0 Å². The van der Waals surface area contributed by atoms with Crippen LogP contribution in [0.5, 0.6) is 5.75 Å². The monoisotopic (exact) mass is 537 g/mol. The van der Waals surface area contributed by atoms with Crippen LogP contribution in [0.4, 0.5) is 0 Å². The molecule has 3 heterocycles. The second kappa shape index (κ2) is 10.8. The Hall–Kier alpha value is -2.18. The van der Waals surface area contributed by atoms with E-state index in [1.807, 2.05) is 54.6 Å². The molecule has 3 aliphatic rings. The Kier molecular flexibility index (Phi) is 8.02. The summed E-state index contributed by atoms with van der Waals surface area (Å²) in [5, 5.41) is 12.5. The molecule has 5 heteroatoms. The summed E-state index contributed by atoms with van der Waals surface area (Å²) in [5.74, 6) is 0.871. The Morgan fingerprint density at radius 3 is 1.94 bits per heavy atom. The zero-order valence-electron chi connectivity index (χ0n) is 20.5. The summed E-state index contributed by atoms with van der Waals surface area (Å²) in [4.78, 5) is 0. The molecule has 2 bridgehead atoms. The third-order valence-electron chi connectivity index (χ3n) is 8.46. The van der Waals surface area contributed by atoms with E-state index in [4.69, 9.17) is 9.47 Å². The fourth-order valence-electron chi connectivity index (χ4n) is 6.29. The third kappa shape index (κ3) is 4.92. The van der Waals surface area contributed by atoms with Gasteiger partial charge in [-0.15, -0.1) is 0 Å². The van der Waals surface area contributed by atoms with Gasteiger partial charge < -0.3 is 36.0 Å². The zero-order chi connectivity index (χ0) is 23.5. The summed E-state index contributed by atoms with van der Waals surface area (Å²) in [5.41, 5.74) is 2.09. The maximum atomic E-state index is 12.5. The minimum absolute atomic E-state index is 0. The van der Waals surface area contributed by atoms with Crippen molar-refractivity contribution in [1.82, 2.24) is 0 Å². The van der Waals surface area contributed by atoms with E-state index in [9.17, 15) is 5.11 Å². The van der Waals surface area contributed by atoms with E-state index < -0.39 is 5.60 Å². The fraction of sp³-hybridized carbons (Fsp3) is 0.400. The molecular formula is C30H36BrNO3. The molecule has 3 aliphatic heterocycles. The van der Waals surface area contributed by atoms with Crippen molar-refractivity contribution in [3.8, 4) is 5.75 Å². The molecule has 4 nitrogen and oxygen atoms in total. The molecule has 1 N–H and O–H groups in total. The van der Waals surface area contributed by atoms with Crippen LogP contribution in [0, 0.1) is 5.41 Å². The molecule has 35 heavy (non-hydrogen) atoms. The second-order valence-electron chi connectivity index (χ2n) is 10.1. The first-order chi connectivity index (χ1) is 16.6. The summed E-state index contributed by atoms with van der Waals surface area (Å²) < 4.78 is 12.5. The van der Waals surface area contributed by atoms with Gasteiger partial charge in [0.2, 0.25) is 0 Å². The van der Waals surface area contributed by atoms with Crippen molar-refractivity contribution in [1.29, 1.82) is 0 Å². The maximum Gasteiger partial charge on any atom is 0.121 e. The summed E-state index contributed by atoms with van der Waals surface area (Å²) in [6.45, 7) is 5.71. The minimum Gasteiger partial charge on any atom is -1.00 e. The molecule has 3 saturated heterocycles. The standard InChI is InChI=1S/C30H36NO3.BrH/c1-33-28-14-8-9-25(23-28)24-34-22-21-31-18-15-29(16-19-31,17-20-31)30(32,26-10-4-2-5-11-26)27-12-6-3-7-13-27;/h2-14,23,32H,15-22,24H2,1H3;1H/q+1;/p-1. The van der Waals surface area contributed by atoms with Gasteiger partial charge in [0, 0.05) is 24.7 Å². The number of methoxy groups -OCH3 is 1. The first-order valence-electron chi connectivity index (χ1n) is 12.5. The van der Waals surface area contributed by atoms with Crippen molar-refractivity contribution in [2.75, 3.05) is 39.9 Å². The number of nitrogens with zero attached hydrogens (tertiary/aromatic N) is 1. The first-order valence-corrected chi connectivity index (χ1v) is 12.5. The highest BCUT2D eigenvalue weighted by atomic mass is 79.9. The van der Waals surface area contributed by atoms with Crippen molar-refractivity contribution in [2.24, 2.45) is 5.41 Å². The Balaban J connectivity index is 0.00000289. The average molecular weight is 539 g/mol. The highest BCUT2D eigenvalue weighted by Crippen LogP contribution is 2.57. The van der Waals surface area contributed by atoms with Crippen LogP contribution in [0.3, 0.4) is 0 Å². The van der Waals surface area contributed by atoms with Gasteiger partial charge in [0.25, 0.3) is 0 Å². The average Bonchev–Trinajstić information content (AvgIpc) is 2.93. The molecule has 0 unspecified atom stereocenters. The van der Waals surface area contributed by atoms with Crippen molar-refractivity contribution in [3.63, 3.8) is 0 Å². The Morgan fingerprint density at radius 1 is 0.829 bits per heavy atom. The molecule has 0 amide bonds. The van der Waals surface area contributed by atoms with E-state index >= 15 is 0 Å². The van der Waals surface area contributed by atoms with Crippen LogP contribution >= 0.6 is 0 Å². The maximum absolute atomic E-state index is 12.5. The van der Waals surface area contributed by atoms with Crippen LogP contribution in [0.25, 0.3) is 0 Å². The molecule has 3 fully saturated rings.